The molecule has 21 heteroatoms. The third kappa shape index (κ3) is 9.15. The van der Waals surface area contributed by atoms with Crippen molar-refractivity contribution in [2.45, 2.75) is 63.2 Å². The Morgan fingerprint density at radius 1 is 0.731 bits per heavy atom. The van der Waals surface area contributed by atoms with Gasteiger partial charge in [-0.25, -0.2) is 0 Å². The van der Waals surface area contributed by atoms with Crippen LogP contribution in [0.15, 0.2) is 48.2 Å². The summed E-state index contributed by atoms with van der Waals surface area (Å²) in [5.74, 6) is -14.6. The van der Waals surface area contributed by atoms with E-state index in [-0.39, 0.29) is 30.7 Å². The van der Waals surface area contributed by atoms with Gasteiger partial charge in [-0.3, -0.25) is 39.4 Å². The van der Waals surface area contributed by atoms with Crippen LogP contribution < -0.4 is 0 Å². The van der Waals surface area contributed by atoms with Crippen molar-refractivity contribution in [3.8, 4) is 0 Å². The average molecular weight is 759 g/mol. The topological polar surface area (TPSA) is 164 Å². The van der Waals surface area contributed by atoms with Crippen LogP contribution in [0.3, 0.4) is 0 Å². The van der Waals surface area contributed by atoms with Gasteiger partial charge in [0, 0.05) is 35.1 Å². The minimum atomic E-state index is -5.98. The second kappa shape index (κ2) is 15.2. The smallest absolute Gasteiger partial charge is 0.458 e. The number of hydrogen-bond donors (Lipinski definition) is 0. The number of nitrogens with zero attached hydrogens (tertiary/aromatic N) is 2. The number of carbonyl (C=O) groups excluding carboxylic acids is 4. The number of allylic oxidation sites excluding steroid dienone is 1. The van der Waals surface area contributed by atoms with E-state index in [9.17, 15) is 83.3 Å². The zero-order chi connectivity index (χ0) is 39.6. The normalized spacial score (nSPS) is 15.2. The fraction of sp³-hybridized carbons (Fsp3) is 0.419. The Morgan fingerprint density at radius 3 is 1.54 bits per heavy atom. The van der Waals surface area contributed by atoms with Crippen LogP contribution in [0.1, 0.15) is 70.9 Å². The second-order valence-corrected chi connectivity index (χ2v) is 11.4. The molecule has 0 saturated heterocycles. The van der Waals surface area contributed by atoms with E-state index in [1.165, 1.54) is 0 Å². The second-order valence-electron chi connectivity index (χ2n) is 11.4. The largest absolute Gasteiger partial charge is 0.501 e. The van der Waals surface area contributed by atoms with Gasteiger partial charge in [0.2, 0.25) is 5.78 Å². The van der Waals surface area contributed by atoms with Crippen LogP contribution in [0, 0.1) is 32.1 Å². The number of ketones is 4. The molecule has 0 bridgehead atoms. The molecular formula is C31H24F10N2O9. The molecule has 0 heterocycles. The summed E-state index contributed by atoms with van der Waals surface area (Å²) >= 11 is 0. The van der Waals surface area contributed by atoms with Crippen LogP contribution in [-0.2, 0) is 26.2 Å². The molecular weight excluding hydrogens is 734 g/mol. The number of alkyl halides is 10. The minimum absolute atomic E-state index is 0.0133. The van der Waals surface area contributed by atoms with Crippen LogP contribution in [0.25, 0.3) is 0 Å². The third-order valence-corrected chi connectivity index (χ3v) is 7.56. The summed E-state index contributed by atoms with van der Waals surface area (Å²) in [6.07, 6.45) is -9.52. The Morgan fingerprint density at radius 2 is 1.15 bits per heavy atom. The quantitative estimate of drug-likeness (QED) is 0.0270. The van der Waals surface area contributed by atoms with Gasteiger partial charge in [-0.2, -0.15) is 43.9 Å². The molecule has 0 aromatic heterocycles. The van der Waals surface area contributed by atoms with Gasteiger partial charge >= 0.3 is 24.2 Å². The molecule has 2 aromatic rings. The molecule has 0 atom stereocenters. The molecule has 0 unspecified atom stereocenters. The molecule has 0 radical (unpaired) electrons. The summed E-state index contributed by atoms with van der Waals surface area (Å²) in [5.41, 5.74) is -7.77. The highest BCUT2D eigenvalue weighted by Gasteiger charge is 2.60. The van der Waals surface area contributed by atoms with Gasteiger partial charge in [0.05, 0.1) is 34.7 Å². The number of rotatable bonds is 14. The fourth-order valence-electron chi connectivity index (χ4n) is 4.41. The van der Waals surface area contributed by atoms with Gasteiger partial charge in [-0.15, -0.1) is 0 Å². The Balaban J connectivity index is 0.000000284. The monoisotopic (exact) mass is 758 g/mol. The molecule has 0 aliphatic heterocycles. The SMILES string of the molecule is CCOC=C(C(=O)c1ccc(C(F)(F)C(F)(F)F)cc1[N+](=O)[O-])C(=O)C1CC1.O=C(CC(=O)C1CC1)c1ccc(C(F)(F)C(F)(F)F)cc1[N+](=O)[O-]. The molecule has 0 spiro atoms. The zero-order valence-corrected chi connectivity index (χ0v) is 26.3. The van der Waals surface area contributed by atoms with Gasteiger partial charge in [0.15, 0.2) is 11.6 Å². The van der Waals surface area contributed by atoms with E-state index in [1.807, 2.05) is 0 Å². The van der Waals surface area contributed by atoms with Crippen molar-refractivity contribution >= 4 is 34.5 Å². The van der Waals surface area contributed by atoms with Crippen LogP contribution in [0.4, 0.5) is 55.3 Å². The Kier molecular flexibility index (Phi) is 12.0. The number of nitro benzene ring substituents is 2. The molecule has 2 fully saturated rings. The maximum absolute atomic E-state index is 13.5. The summed E-state index contributed by atoms with van der Waals surface area (Å²) in [6, 6.07) is 1.58. The number of carbonyl (C=O) groups is 4. The molecule has 0 amide bonds. The molecule has 2 aliphatic carbocycles. The maximum Gasteiger partial charge on any atom is 0.458 e. The zero-order valence-electron chi connectivity index (χ0n) is 26.3. The van der Waals surface area contributed by atoms with Crippen molar-refractivity contribution < 1.29 is 77.7 Å². The van der Waals surface area contributed by atoms with Crippen molar-refractivity contribution in [1.82, 2.24) is 0 Å². The van der Waals surface area contributed by atoms with Crippen LogP contribution in [0.2, 0.25) is 0 Å². The molecule has 11 nitrogen and oxygen atoms in total. The predicted molar refractivity (Wildman–Crippen MR) is 155 cm³/mol. The molecule has 0 N–H and O–H groups in total. The molecule has 282 valence electrons. The number of nitro groups is 2. The van der Waals surface area contributed by atoms with Crippen molar-refractivity contribution in [3.63, 3.8) is 0 Å². The van der Waals surface area contributed by atoms with Gasteiger partial charge in [-0.1, -0.05) is 12.1 Å². The lowest BCUT2D eigenvalue weighted by Crippen LogP contribution is -2.33. The van der Waals surface area contributed by atoms with E-state index in [1.54, 1.807) is 6.92 Å². The van der Waals surface area contributed by atoms with Crippen molar-refractivity contribution in [3.05, 3.63) is 90.7 Å². The van der Waals surface area contributed by atoms with Gasteiger partial charge < -0.3 is 4.74 Å². The van der Waals surface area contributed by atoms with E-state index in [0.717, 1.165) is 6.26 Å². The van der Waals surface area contributed by atoms with Gasteiger partial charge in [0.25, 0.3) is 11.4 Å². The van der Waals surface area contributed by atoms with E-state index in [0.29, 0.717) is 43.9 Å². The molecule has 2 aromatic carbocycles. The first kappa shape index (κ1) is 41.2. The maximum atomic E-state index is 13.5. The number of ether oxygens (including phenoxy) is 1. The number of benzene rings is 2. The predicted octanol–water partition coefficient (Wildman–Crippen LogP) is 8.13. The van der Waals surface area contributed by atoms with E-state index >= 15 is 0 Å². The Bertz CT molecular complexity index is 1810. The van der Waals surface area contributed by atoms with E-state index in [2.05, 4.69) is 0 Å². The average Bonchev–Trinajstić information content (AvgIpc) is 3.97. The van der Waals surface area contributed by atoms with E-state index < -0.39 is 109 Å². The summed E-state index contributed by atoms with van der Waals surface area (Å²) in [4.78, 5) is 68.0. The summed E-state index contributed by atoms with van der Waals surface area (Å²) < 4.78 is 133. The van der Waals surface area contributed by atoms with Crippen molar-refractivity contribution in [2.75, 3.05) is 6.61 Å². The highest BCUT2D eigenvalue weighted by atomic mass is 19.4. The highest BCUT2D eigenvalue weighted by molar-refractivity contribution is 6.28. The third-order valence-electron chi connectivity index (χ3n) is 7.56. The van der Waals surface area contributed by atoms with Crippen molar-refractivity contribution in [2.24, 2.45) is 11.8 Å². The lowest BCUT2D eigenvalue weighted by Gasteiger charge is -2.20. The highest BCUT2D eigenvalue weighted by Crippen LogP contribution is 2.46. The number of Topliss-reactive ketones (excluding diaryl/α,β-unsaturated/α-hetero) is 4. The van der Waals surface area contributed by atoms with Crippen LogP contribution >= 0.6 is 0 Å². The molecule has 4 rings (SSSR count). The molecule has 2 aliphatic rings. The first-order valence-electron chi connectivity index (χ1n) is 14.8. The number of hydrogen-bond acceptors (Lipinski definition) is 9. The Labute approximate surface area is 284 Å². The van der Waals surface area contributed by atoms with Crippen LogP contribution in [-0.4, -0.2) is 51.9 Å². The first-order chi connectivity index (χ1) is 23.9. The summed E-state index contributed by atoms with van der Waals surface area (Å²) in [6.45, 7) is 1.63. The van der Waals surface area contributed by atoms with Crippen molar-refractivity contribution in [1.29, 1.82) is 0 Å². The van der Waals surface area contributed by atoms with E-state index in [4.69, 9.17) is 4.74 Å². The Hall–Kier alpha value is -5.24. The number of halogens is 10. The first-order valence-corrected chi connectivity index (χ1v) is 14.8. The fourth-order valence-corrected chi connectivity index (χ4v) is 4.41. The minimum Gasteiger partial charge on any atom is -0.501 e. The van der Waals surface area contributed by atoms with Gasteiger partial charge in [-0.05, 0) is 44.7 Å². The molecule has 52 heavy (non-hydrogen) atoms. The standard InChI is InChI=1S/C17H14F5NO5.C14H10F5NO4/c1-2-28-8-12(14(24)9-3-4-9)15(25)11-6-5-10(7-13(11)23(26)27)16(18,19)17(20,21)22;15-13(16,14(17,18)19)8-3-4-9(10(5-8)20(23)24)12(22)6-11(21)7-1-2-7/h5-9H,2-4H2,1H3;3-5,7H,1-2,6H2. The molecule has 2 saturated carbocycles. The van der Waals surface area contributed by atoms with Crippen LogP contribution in [0.5, 0.6) is 0 Å². The lowest BCUT2D eigenvalue weighted by molar-refractivity contribution is -0.385. The summed E-state index contributed by atoms with van der Waals surface area (Å²) in [5, 5.41) is 22.1. The lowest BCUT2D eigenvalue weighted by atomic mass is 9.95. The summed E-state index contributed by atoms with van der Waals surface area (Å²) in [7, 11) is 0. The van der Waals surface area contributed by atoms with Gasteiger partial charge in [0.1, 0.15) is 16.9 Å².